The number of likely N-dealkylation sites (tertiary alicyclic amines) is 1. The van der Waals surface area contributed by atoms with Gasteiger partial charge in [-0.25, -0.2) is 0 Å². The summed E-state index contributed by atoms with van der Waals surface area (Å²) in [6.45, 7) is 3.41. The number of benzene rings is 1. The highest BCUT2D eigenvalue weighted by atomic mass is 16.5. The maximum atomic E-state index is 12.3. The Balaban J connectivity index is 1.39. The van der Waals surface area contributed by atoms with Crippen molar-refractivity contribution in [3.8, 4) is 0 Å². The van der Waals surface area contributed by atoms with Gasteiger partial charge in [0.2, 0.25) is 5.91 Å². The summed E-state index contributed by atoms with van der Waals surface area (Å²) in [5.74, 6) is 0.543. The Kier molecular flexibility index (Phi) is 5.08. The van der Waals surface area contributed by atoms with Crippen LogP contribution in [0.2, 0.25) is 0 Å². The number of nitrogens with one attached hydrogen (secondary N) is 1. The van der Waals surface area contributed by atoms with Gasteiger partial charge in [-0.2, -0.15) is 0 Å². The van der Waals surface area contributed by atoms with Gasteiger partial charge in [-0.3, -0.25) is 4.79 Å². The zero-order valence-corrected chi connectivity index (χ0v) is 12.8. The number of carbonyl (C=O) groups is 1. The normalized spacial score (nSPS) is 28.2. The van der Waals surface area contributed by atoms with E-state index in [0.717, 1.165) is 19.5 Å². The summed E-state index contributed by atoms with van der Waals surface area (Å²) in [5.41, 5.74) is 1.18. The first-order chi connectivity index (χ1) is 10.7. The van der Waals surface area contributed by atoms with Crippen molar-refractivity contribution in [2.75, 3.05) is 26.2 Å². The third-order valence-corrected chi connectivity index (χ3v) is 4.47. The van der Waals surface area contributed by atoms with E-state index in [4.69, 9.17) is 4.74 Å². The Morgan fingerprint density at radius 2 is 2.18 bits per heavy atom. The lowest BCUT2D eigenvalue weighted by molar-refractivity contribution is -0.132. The van der Waals surface area contributed by atoms with Crippen LogP contribution in [0.1, 0.15) is 18.4 Å². The summed E-state index contributed by atoms with van der Waals surface area (Å²) in [4.78, 5) is 14.3. The molecule has 3 unspecified atom stereocenters. The van der Waals surface area contributed by atoms with Gasteiger partial charge in [0.25, 0.3) is 0 Å². The molecule has 0 saturated carbocycles. The molecule has 5 heteroatoms. The van der Waals surface area contributed by atoms with Gasteiger partial charge < -0.3 is 20.1 Å². The molecular weight excluding hydrogens is 280 g/mol. The highest BCUT2D eigenvalue weighted by Crippen LogP contribution is 2.20. The Morgan fingerprint density at radius 1 is 1.36 bits per heavy atom. The molecule has 2 N–H and O–H groups in total. The maximum absolute atomic E-state index is 12.3. The zero-order chi connectivity index (χ0) is 15.4. The molecule has 1 amide bonds. The molecule has 5 nitrogen and oxygen atoms in total. The molecule has 0 radical (unpaired) electrons. The minimum Gasteiger partial charge on any atom is -0.392 e. The van der Waals surface area contributed by atoms with Crippen molar-refractivity contribution in [3.05, 3.63) is 35.9 Å². The highest BCUT2D eigenvalue weighted by molar-refractivity contribution is 5.82. The van der Waals surface area contributed by atoms with Crippen LogP contribution in [0.15, 0.2) is 30.3 Å². The first-order valence-electron chi connectivity index (χ1n) is 8.04. The molecule has 1 aromatic rings. The zero-order valence-electron chi connectivity index (χ0n) is 12.8. The lowest BCUT2D eigenvalue weighted by Crippen LogP contribution is -2.42. The predicted octanol–water partition coefficient (Wildman–Crippen LogP) is 0.774. The summed E-state index contributed by atoms with van der Waals surface area (Å²) >= 11 is 0. The van der Waals surface area contributed by atoms with E-state index in [0.29, 0.717) is 32.1 Å². The molecule has 2 heterocycles. The van der Waals surface area contributed by atoms with Crippen molar-refractivity contribution in [1.29, 1.82) is 0 Å². The van der Waals surface area contributed by atoms with Crippen LogP contribution in [0, 0.1) is 5.92 Å². The van der Waals surface area contributed by atoms with Crippen LogP contribution in [0.5, 0.6) is 0 Å². The van der Waals surface area contributed by atoms with Gasteiger partial charge in [0.1, 0.15) is 0 Å². The van der Waals surface area contributed by atoms with Gasteiger partial charge in [-0.05, 0) is 18.4 Å². The molecule has 0 spiro atoms. The lowest BCUT2D eigenvalue weighted by atomic mass is 10.1. The number of amides is 1. The van der Waals surface area contributed by atoms with Gasteiger partial charge >= 0.3 is 0 Å². The average molecular weight is 304 g/mol. The van der Waals surface area contributed by atoms with Crippen LogP contribution in [0.4, 0.5) is 0 Å². The molecule has 2 saturated heterocycles. The van der Waals surface area contributed by atoms with E-state index in [-0.39, 0.29) is 18.1 Å². The van der Waals surface area contributed by atoms with Gasteiger partial charge in [0, 0.05) is 25.6 Å². The van der Waals surface area contributed by atoms with Crippen LogP contribution in [0.25, 0.3) is 0 Å². The first-order valence-corrected chi connectivity index (χ1v) is 8.04. The van der Waals surface area contributed by atoms with Gasteiger partial charge in [0.15, 0.2) is 0 Å². The number of rotatable bonds is 5. The SMILES string of the molecule is O=C(C1CC(O)CN1)N1CCC(COCc2ccccc2)C1. The number of hydrogen-bond donors (Lipinski definition) is 2. The number of aliphatic hydroxyl groups is 1. The number of nitrogens with zero attached hydrogens (tertiary/aromatic N) is 1. The van der Waals surface area contributed by atoms with Gasteiger partial charge in [-0.1, -0.05) is 30.3 Å². The Labute approximate surface area is 131 Å². The molecule has 0 aliphatic carbocycles. The van der Waals surface area contributed by atoms with Crippen LogP contribution in [-0.2, 0) is 16.1 Å². The fraction of sp³-hybridized carbons (Fsp3) is 0.588. The molecule has 0 aromatic heterocycles. The number of carbonyl (C=O) groups excluding carboxylic acids is 1. The smallest absolute Gasteiger partial charge is 0.239 e. The van der Waals surface area contributed by atoms with Crippen molar-refractivity contribution >= 4 is 5.91 Å². The highest BCUT2D eigenvalue weighted by Gasteiger charge is 2.34. The fourth-order valence-corrected chi connectivity index (χ4v) is 3.21. The van der Waals surface area contributed by atoms with Crippen LogP contribution >= 0.6 is 0 Å². The fourth-order valence-electron chi connectivity index (χ4n) is 3.21. The van der Waals surface area contributed by atoms with Crippen LogP contribution in [0.3, 0.4) is 0 Å². The van der Waals surface area contributed by atoms with Crippen LogP contribution in [-0.4, -0.2) is 54.3 Å². The molecule has 22 heavy (non-hydrogen) atoms. The van der Waals surface area contributed by atoms with Crippen molar-refractivity contribution in [1.82, 2.24) is 10.2 Å². The van der Waals surface area contributed by atoms with E-state index in [2.05, 4.69) is 17.4 Å². The molecule has 1 aromatic carbocycles. The van der Waals surface area contributed by atoms with E-state index in [1.165, 1.54) is 5.56 Å². The second-order valence-corrected chi connectivity index (χ2v) is 6.29. The number of hydrogen-bond acceptors (Lipinski definition) is 4. The third-order valence-electron chi connectivity index (χ3n) is 4.47. The summed E-state index contributed by atoms with van der Waals surface area (Å²) in [7, 11) is 0. The minimum atomic E-state index is -0.387. The molecule has 3 atom stereocenters. The number of β-amino-alcohol motifs (C(OH)–C–C–N with tert-alkyl or cyclic N) is 1. The summed E-state index contributed by atoms with van der Waals surface area (Å²) in [5, 5.41) is 12.6. The molecule has 3 rings (SSSR count). The van der Waals surface area contributed by atoms with E-state index in [1.54, 1.807) is 0 Å². The number of ether oxygens (including phenoxy) is 1. The van der Waals surface area contributed by atoms with Crippen molar-refractivity contribution in [2.24, 2.45) is 5.92 Å². The van der Waals surface area contributed by atoms with E-state index < -0.39 is 0 Å². The lowest BCUT2D eigenvalue weighted by Gasteiger charge is -2.20. The molecular formula is C17H24N2O3. The molecule has 120 valence electrons. The van der Waals surface area contributed by atoms with E-state index >= 15 is 0 Å². The van der Waals surface area contributed by atoms with Gasteiger partial charge in [-0.15, -0.1) is 0 Å². The second kappa shape index (κ2) is 7.22. The Bertz CT molecular complexity index is 494. The summed E-state index contributed by atoms with van der Waals surface area (Å²) < 4.78 is 5.78. The third kappa shape index (κ3) is 3.85. The Morgan fingerprint density at radius 3 is 2.91 bits per heavy atom. The van der Waals surface area contributed by atoms with Crippen LogP contribution < -0.4 is 5.32 Å². The molecule has 0 bridgehead atoms. The maximum Gasteiger partial charge on any atom is 0.239 e. The topological polar surface area (TPSA) is 61.8 Å². The number of aliphatic hydroxyl groups excluding tert-OH is 1. The molecule has 2 aliphatic heterocycles. The van der Waals surface area contributed by atoms with E-state index in [9.17, 15) is 9.90 Å². The summed E-state index contributed by atoms with van der Waals surface area (Å²) in [6, 6.07) is 9.93. The average Bonchev–Trinajstić information content (AvgIpc) is 3.17. The predicted molar refractivity (Wildman–Crippen MR) is 83.2 cm³/mol. The quantitative estimate of drug-likeness (QED) is 0.844. The van der Waals surface area contributed by atoms with Crippen molar-refractivity contribution in [3.63, 3.8) is 0 Å². The molecule has 2 aliphatic rings. The van der Waals surface area contributed by atoms with Gasteiger partial charge in [0.05, 0.1) is 25.4 Å². The summed E-state index contributed by atoms with van der Waals surface area (Å²) in [6.07, 6.45) is 1.14. The second-order valence-electron chi connectivity index (χ2n) is 6.29. The minimum absolute atomic E-state index is 0.127. The largest absolute Gasteiger partial charge is 0.392 e. The monoisotopic (exact) mass is 304 g/mol. The molecule has 2 fully saturated rings. The standard InChI is InChI=1S/C17H24N2O3/c20-15-8-16(18-9-15)17(21)19-7-6-14(10-19)12-22-11-13-4-2-1-3-5-13/h1-5,14-16,18,20H,6-12H2. The Hall–Kier alpha value is -1.43. The first kappa shape index (κ1) is 15.5. The van der Waals surface area contributed by atoms with Crippen molar-refractivity contribution in [2.45, 2.75) is 31.6 Å². The van der Waals surface area contributed by atoms with E-state index in [1.807, 2.05) is 23.1 Å². The van der Waals surface area contributed by atoms with Crippen molar-refractivity contribution < 1.29 is 14.6 Å².